The van der Waals surface area contributed by atoms with Crippen molar-refractivity contribution in [2.45, 2.75) is 50.6 Å². The molecule has 2 fully saturated rings. The summed E-state index contributed by atoms with van der Waals surface area (Å²) in [7, 11) is 0. The molecule has 1 aromatic carbocycles. The topological polar surface area (TPSA) is 202 Å². The molecule has 260 valence electrons. The average molecular weight is 674 g/mol. The fraction of sp³-hybridized carbons (Fsp3) is 0.516. The monoisotopic (exact) mass is 673 g/mol. The fourth-order valence-electron chi connectivity index (χ4n) is 5.35. The summed E-state index contributed by atoms with van der Waals surface area (Å²) in [6.07, 6.45) is 0.420. The summed E-state index contributed by atoms with van der Waals surface area (Å²) in [5, 5.41) is 21.4. The lowest BCUT2D eigenvalue weighted by molar-refractivity contribution is -0.138. The van der Waals surface area contributed by atoms with Gasteiger partial charge in [0.1, 0.15) is 18.3 Å². The molecule has 1 atom stereocenters. The molecule has 5 amide bonds. The number of piperazine rings is 1. The predicted molar refractivity (Wildman–Crippen MR) is 166 cm³/mol. The average Bonchev–Trinajstić information content (AvgIpc) is 3.51. The lowest BCUT2D eigenvalue weighted by atomic mass is 9.76. The van der Waals surface area contributed by atoms with Gasteiger partial charge in [-0.2, -0.15) is 5.10 Å². The molecule has 2 aliphatic rings. The number of nitrogens with one attached hydrogen (secondary N) is 3. The van der Waals surface area contributed by atoms with Crippen molar-refractivity contribution < 1.29 is 47.7 Å². The second kappa shape index (κ2) is 16.6. The van der Waals surface area contributed by atoms with Gasteiger partial charge in [-0.25, -0.2) is 13.9 Å². The molecule has 0 spiro atoms. The fourth-order valence-corrected chi connectivity index (χ4v) is 5.35. The van der Waals surface area contributed by atoms with E-state index in [2.05, 4.69) is 21.0 Å². The van der Waals surface area contributed by atoms with Crippen LogP contribution in [-0.4, -0.2) is 125 Å². The molecular weight excluding hydrogens is 633 g/mol. The molecule has 4 rings (SSSR count). The molecule has 0 unspecified atom stereocenters. The maximum Gasteiger partial charge on any atom is 0.409 e. The summed E-state index contributed by atoms with van der Waals surface area (Å²) in [6, 6.07) is 8.68. The molecule has 1 aliphatic carbocycles. The lowest BCUT2D eigenvalue weighted by Crippen LogP contribution is -2.63. The summed E-state index contributed by atoms with van der Waals surface area (Å²) in [5.41, 5.74) is -0.829. The Morgan fingerprint density at radius 2 is 1.73 bits per heavy atom. The molecule has 0 radical (unpaired) electrons. The Kier molecular flexibility index (Phi) is 12.3. The molecule has 0 bridgehead atoms. The first-order valence-electron chi connectivity index (χ1n) is 15.7. The van der Waals surface area contributed by atoms with Crippen molar-refractivity contribution >= 4 is 35.7 Å². The number of hydrogen-bond donors (Lipinski definition) is 4. The minimum absolute atomic E-state index is 0.00883. The second-order valence-electron chi connectivity index (χ2n) is 11.3. The van der Waals surface area contributed by atoms with Gasteiger partial charge in [0.25, 0.3) is 11.8 Å². The Labute approximate surface area is 275 Å². The molecule has 1 saturated carbocycles. The summed E-state index contributed by atoms with van der Waals surface area (Å²) >= 11 is 0. The van der Waals surface area contributed by atoms with Crippen molar-refractivity contribution in [1.82, 2.24) is 35.5 Å². The zero-order valence-electron chi connectivity index (χ0n) is 26.6. The Hall–Kier alpha value is -5.22. The van der Waals surface area contributed by atoms with Crippen molar-refractivity contribution in [1.29, 1.82) is 0 Å². The van der Waals surface area contributed by atoms with Gasteiger partial charge in [-0.3, -0.25) is 24.0 Å². The Bertz CT molecular complexity index is 1470. The molecule has 4 N–H and O–H groups in total. The van der Waals surface area contributed by atoms with Crippen molar-refractivity contribution in [2.75, 3.05) is 52.6 Å². The maximum absolute atomic E-state index is 13.5. The van der Waals surface area contributed by atoms with Crippen molar-refractivity contribution in [2.24, 2.45) is 0 Å². The summed E-state index contributed by atoms with van der Waals surface area (Å²) in [6.45, 7) is 1.22. The van der Waals surface area contributed by atoms with Gasteiger partial charge in [0.05, 0.1) is 12.3 Å². The van der Waals surface area contributed by atoms with E-state index in [1.54, 1.807) is 37.3 Å². The first kappa shape index (κ1) is 35.6. The van der Waals surface area contributed by atoms with Gasteiger partial charge in [0, 0.05) is 45.2 Å². The van der Waals surface area contributed by atoms with E-state index >= 15 is 0 Å². The Morgan fingerprint density at radius 1 is 1.04 bits per heavy atom. The number of ether oxygens (including phenoxy) is 2. The Morgan fingerprint density at radius 3 is 2.33 bits per heavy atom. The molecule has 1 aliphatic heterocycles. The van der Waals surface area contributed by atoms with Gasteiger partial charge < -0.3 is 40.3 Å². The third-order valence-electron chi connectivity index (χ3n) is 8.03. The van der Waals surface area contributed by atoms with Crippen LogP contribution in [0.5, 0.6) is 5.88 Å². The zero-order valence-corrected chi connectivity index (χ0v) is 26.6. The van der Waals surface area contributed by atoms with Crippen molar-refractivity contribution in [3.63, 3.8) is 0 Å². The molecule has 48 heavy (non-hydrogen) atoms. The normalized spacial score (nSPS) is 15.8. The number of benzene rings is 1. The highest BCUT2D eigenvalue weighted by molar-refractivity contribution is 5.97. The first-order valence-corrected chi connectivity index (χ1v) is 15.7. The molecule has 1 saturated heterocycles. The molecule has 2 heterocycles. The van der Waals surface area contributed by atoms with Gasteiger partial charge >= 0.3 is 12.1 Å². The van der Waals surface area contributed by atoms with Crippen LogP contribution in [0.1, 0.15) is 49.5 Å². The van der Waals surface area contributed by atoms with Crippen LogP contribution in [0.3, 0.4) is 0 Å². The van der Waals surface area contributed by atoms with Gasteiger partial charge in [-0.1, -0.05) is 18.2 Å². The molecule has 2 aromatic rings. The molecular formula is C31H40FN7O9. The van der Waals surface area contributed by atoms with Crippen LogP contribution in [-0.2, 0) is 23.9 Å². The molecule has 1 aromatic heterocycles. The standard InChI is InChI=1S/C31H40FN7O9/c1-2-47-30(46)38-17-15-37(16-18-38)28(44)22(9-10-26(41)42)34-27(43)23-19-25(39(36-23)21-7-4-3-5-8-21)48-20-24(40)35-31(11-6-12-31)29(45)33-14-13-32/h3-5,7-8,19,22H,2,6,9-18,20H2,1H3,(H,33,45)(H,34,43)(H,35,40)(H,41,42)/t22-/m0/s1. The number of amides is 5. The van der Waals surface area contributed by atoms with E-state index < -0.39 is 67.0 Å². The van der Waals surface area contributed by atoms with Crippen molar-refractivity contribution in [3.8, 4) is 11.6 Å². The summed E-state index contributed by atoms with van der Waals surface area (Å²) in [4.78, 5) is 78.6. The number of carboxylic acid groups (broad SMARTS) is 1. The summed E-state index contributed by atoms with van der Waals surface area (Å²) in [5.74, 6) is -3.52. The minimum atomic E-state index is -1.21. The van der Waals surface area contributed by atoms with E-state index in [1.807, 2.05) is 0 Å². The number of halogens is 1. The second-order valence-corrected chi connectivity index (χ2v) is 11.3. The first-order chi connectivity index (χ1) is 23.1. The number of aliphatic carboxylic acids is 1. The smallest absolute Gasteiger partial charge is 0.409 e. The van der Waals surface area contributed by atoms with Crippen LogP contribution in [0.15, 0.2) is 36.4 Å². The third kappa shape index (κ3) is 8.98. The van der Waals surface area contributed by atoms with Crippen LogP contribution in [0, 0.1) is 0 Å². The van der Waals surface area contributed by atoms with Crippen LogP contribution in [0.2, 0.25) is 0 Å². The zero-order chi connectivity index (χ0) is 34.7. The van der Waals surface area contributed by atoms with E-state index in [0.29, 0.717) is 24.9 Å². The number of carboxylic acids is 1. The minimum Gasteiger partial charge on any atom is -0.481 e. The number of alkyl halides is 1. The van der Waals surface area contributed by atoms with E-state index in [1.165, 1.54) is 20.5 Å². The predicted octanol–water partition coefficient (Wildman–Crippen LogP) is 0.640. The van der Waals surface area contributed by atoms with E-state index in [-0.39, 0.29) is 57.3 Å². The van der Waals surface area contributed by atoms with Crippen LogP contribution < -0.4 is 20.7 Å². The van der Waals surface area contributed by atoms with Crippen molar-refractivity contribution in [3.05, 3.63) is 42.1 Å². The third-order valence-corrected chi connectivity index (χ3v) is 8.03. The van der Waals surface area contributed by atoms with Crippen LogP contribution in [0.25, 0.3) is 5.69 Å². The highest BCUT2D eigenvalue weighted by Gasteiger charge is 2.45. The SMILES string of the molecule is CCOC(=O)N1CCN(C(=O)[C@H](CCC(=O)O)NC(=O)c2cc(OCC(=O)NC3(C(=O)NCCF)CCC3)n(-c3ccccc3)n2)CC1. The molecule has 17 heteroatoms. The van der Waals surface area contributed by atoms with E-state index in [0.717, 1.165) is 0 Å². The summed E-state index contributed by atoms with van der Waals surface area (Å²) < 4.78 is 24.6. The number of hydrogen-bond acceptors (Lipinski definition) is 9. The van der Waals surface area contributed by atoms with Gasteiger partial charge in [0.15, 0.2) is 12.3 Å². The van der Waals surface area contributed by atoms with Gasteiger partial charge in [-0.05, 0) is 44.7 Å². The maximum atomic E-state index is 13.5. The number of nitrogens with zero attached hydrogens (tertiary/aromatic N) is 4. The van der Waals surface area contributed by atoms with Gasteiger partial charge in [0.2, 0.25) is 17.7 Å². The quantitative estimate of drug-likeness (QED) is 0.208. The Balaban J connectivity index is 1.47. The number of rotatable bonds is 15. The number of aromatic nitrogens is 2. The van der Waals surface area contributed by atoms with Crippen LogP contribution >= 0.6 is 0 Å². The molecule has 16 nitrogen and oxygen atoms in total. The van der Waals surface area contributed by atoms with Crippen LogP contribution in [0.4, 0.5) is 9.18 Å². The largest absolute Gasteiger partial charge is 0.481 e. The van der Waals surface area contributed by atoms with E-state index in [4.69, 9.17) is 9.47 Å². The highest BCUT2D eigenvalue weighted by Crippen LogP contribution is 2.32. The van der Waals surface area contributed by atoms with Gasteiger partial charge in [-0.15, -0.1) is 0 Å². The number of carbonyl (C=O) groups excluding carboxylic acids is 5. The highest BCUT2D eigenvalue weighted by atomic mass is 19.1. The lowest BCUT2D eigenvalue weighted by Gasteiger charge is -2.40. The number of carbonyl (C=O) groups is 6. The number of para-hydroxylation sites is 1. The van der Waals surface area contributed by atoms with E-state index in [9.17, 15) is 38.3 Å².